The highest BCUT2D eigenvalue weighted by Gasteiger charge is 2.29. The molecule has 2 heterocycles. The Morgan fingerprint density at radius 3 is 2.95 bits per heavy atom. The van der Waals surface area contributed by atoms with Crippen LogP contribution < -0.4 is 4.90 Å². The second-order valence-electron chi connectivity index (χ2n) is 5.76. The van der Waals surface area contributed by atoms with Crippen molar-refractivity contribution in [2.24, 2.45) is 0 Å². The van der Waals surface area contributed by atoms with Crippen LogP contribution in [0.15, 0.2) is 18.3 Å². The molecule has 1 aliphatic rings. The van der Waals surface area contributed by atoms with Crippen LogP contribution in [-0.4, -0.2) is 56.1 Å². The third-order valence-electron chi connectivity index (χ3n) is 3.33. The van der Waals surface area contributed by atoms with Gasteiger partial charge in [-0.05, 0) is 32.9 Å². The van der Waals surface area contributed by atoms with Gasteiger partial charge in [0.05, 0.1) is 24.9 Å². The van der Waals surface area contributed by atoms with E-state index in [0.29, 0.717) is 31.1 Å². The molecule has 122 valence electrons. The Balaban J connectivity index is 2.22. The lowest BCUT2D eigenvalue weighted by Gasteiger charge is -2.37. The fraction of sp³-hybridized carbons (Fsp3) is 0.625. The van der Waals surface area contributed by atoms with Crippen molar-refractivity contribution >= 4 is 11.8 Å². The van der Waals surface area contributed by atoms with Crippen molar-refractivity contribution in [3.8, 4) is 0 Å². The summed E-state index contributed by atoms with van der Waals surface area (Å²) < 4.78 is 16.3. The van der Waals surface area contributed by atoms with Crippen molar-refractivity contribution in [1.29, 1.82) is 0 Å². The predicted octanol–water partition coefficient (Wildman–Crippen LogP) is 1.89. The van der Waals surface area contributed by atoms with E-state index in [1.807, 2.05) is 20.8 Å². The Morgan fingerprint density at radius 1 is 1.50 bits per heavy atom. The molecule has 1 fully saturated rings. The normalized spacial score (nSPS) is 22.0. The smallest absolute Gasteiger partial charge is 0.342 e. The van der Waals surface area contributed by atoms with Gasteiger partial charge in [0.15, 0.2) is 0 Å². The van der Waals surface area contributed by atoms with Crippen LogP contribution in [0.5, 0.6) is 0 Å². The second kappa shape index (κ2) is 7.56. The standard InChI is InChI=1S/C16H24N2O4/c1-11(2)21-16(19)14-6-5-7-17-15(14)18-8-12(3)22-13(9-18)10-20-4/h5-7,11-13H,8-10H2,1-4H3. The molecule has 0 spiro atoms. The zero-order valence-electron chi connectivity index (χ0n) is 13.6. The van der Waals surface area contributed by atoms with E-state index in [-0.39, 0.29) is 24.3 Å². The summed E-state index contributed by atoms with van der Waals surface area (Å²) in [6.45, 7) is 7.50. The molecule has 6 nitrogen and oxygen atoms in total. The van der Waals surface area contributed by atoms with Gasteiger partial charge in [-0.1, -0.05) is 0 Å². The molecule has 6 heteroatoms. The van der Waals surface area contributed by atoms with E-state index in [0.717, 1.165) is 0 Å². The number of anilines is 1. The van der Waals surface area contributed by atoms with Gasteiger partial charge in [-0.25, -0.2) is 9.78 Å². The van der Waals surface area contributed by atoms with Crippen LogP contribution >= 0.6 is 0 Å². The fourth-order valence-electron chi connectivity index (χ4n) is 2.58. The zero-order valence-corrected chi connectivity index (χ0v) is 13.6. The maximum Gasteiger partial charge on any atom is 0.342 e. The number of pyridine rings is 1. The number of nitrogens with zero attached hydrogens (tertiary/aromatic N) is 2. The maximum absolute atomic E-state index is 12.3. The van der Waals surface area contributed by atoms with Gasteiger partial charge in [-0.3, -0.25) is 0 Å². The van der Waals surface area contributed by atoms with E-state index in [4.69, 9.17) is 14.2 Å². The average Bonchev–Trinajstić information content (AvgIpc) is 2.46. The quantitative estimate of drug-likeness (QED) is 0.774. The molecular weight excluding hydrogens is 284 g/mol. The third kappa shape index (κ3) is 4.18. The Bertz CT molecular complexity index is 507. The van der Waals surface area contributed by atoms with Gasteiger partial charge in [-0.15, -0.1) is 0 Å². The van der Waals surface area contributed by atoms with Crippen molar-refractivity contribution in [1.82, 2.24) is 4.98 Å². The van der Waals surface area contributed by atoms with Crippen LogP contribution in [0.2, 0.25) is 0 Å². The number of carbonyl (C=O) groups excluding carboxylic acids is 1. The third-order valence-corrected chi connectivity index (χ3v) is 3.33. The first-order chi connectivity index (χ1) is 10.5. The molecule has 2 atom stereocenters. The Morgan fingerprint density at radius 2 is 2.27 bits per heavy atom. The first kappa shape index (κ1) is 16.7. The van der Waals surface area contributed by atoms with Crippen LogP contribution in [0.1, 0.15) is 31.1 Å². The average molecular weight is 308 g/mol. The lowest BCUT2D eigenvalue weighted by atomic mass is 10.1. The number of ether oxygens (including phenoxy) is 3. The lowest BCUT2D eigenvalue weighted by Crippen LogP contribution is -2.49. The van der Waals surface area contributed by atoms with Crippen molar-refractivity contribution in [2.75, 3.05) is 31.7 Å². The Hall–Kier alpha value is -1.66. The molecule has 2 rings (SSSR count). The predicted molar refractivity (Wildman–Crippen MR) is 83.2 cm³/mol. The van der Waals surface area contributed by atoms with Crippen molar-refractivity contribution in [3.63, 3.8) is 0 Å². The number of hydrogen-bond donors (Lipinski definition) is 0. The molecule has 2 unspecified atom stereocenters. The molecule has 1 aliphatic heterocycles. The summed E-state index contributed by atoms with van der Waals surface area (Å²) in [5.41, 5.74) is 0.487. The van der Waals surface area contributed by atoms with Gasteiger partial charge in [0.1, 0.15) is 11.4 Å². The van der Waals surface area contributed by atoms with Crippen LogP contribution in [0, 0.1) is 0 Å². The number of esters is 1. The number of aromatic nitrogens is 1. The summed E-state index contributed by atoms with van der Waals surface area (Å²) in [6, 6.07) is 3.50. The fourth-order valence-corrected chi connectivity index (χ4v) is 2.58. The second-order valence-corrected chi connectivity index (χ2v) is 5.76. The van der Waals surface area contributed by atoms with Crippen LogP contribution in [0.3, 0.4) is 0 Å². The highest BCUT2D eigenvalue weighted by molar-refractivity contribution is 5.94. The first-order valence-electron chi connectivity index (χ1n) is 7.56. The van der Waals surface area contributed by atoms with Crippen molar-refractivity contribution in [3.05, 3.63) is 23.9 Å². The van der Waals surface area contributed by atoms with Gasteiger partial charge in [-0.2, -0.15) is 0 Å². The minimum atomic E-state index is -0.347. The molecule has 0 aliphatic carbocycles. The highest BCUT2D eigenvalue weighted by atomic mass is 16.5. The maximum atomic E-state index is 12.3. The van der Waals surface area contributed by atoms with E-state index in [1.54, 1.807) is 25.4 Å². The van der Waals surface area contributed by atoms with Gasteiger partial charge < -0.3 is 19.1 Å². The van der Waals surface area contributed by atoms with Gasteiger partial charge in [0.2, 0.25) is 0 Å². The Kier molecular flexibility index (Phi) is 5.74. The molecule has 0 bridgehead atoms. The Labute approximate surface area is 131 Å². The monoisotopic (exact) mass is 308 g/mol. The topological polar surface area (TPSA) is 60.9 Å². The minimum absolute atomic E-state index is 0.0373. The first-order valence-corrected chi connectivity index (χ1v) is 7.56. The van der Waals surface area contributed by atoms with E-state index in [1.165, 1.54) is 0 Å². The minimum Gasteiger partial charge on any atom is -0.459 e. The molecule has 0 N–H and O–H groups in total. The van der Waals surface area contributed by atoms with Crippen LogP contribution in [0.4, 0.5) is 5.82 Å². The SMILES string of the molecule is COCC1CN(c2ncccc2C(=O)OC(C)C)CC(C)O1. The molecular formula is C16H24N2O4. The van der Waals surface area contributed by atoms with Gasteiger partial charge in [0, 0.05) is 26.4 Å². The van der Waals surface area contributed by atoms with Gasteiger partial charge >= 0.3 is 5.97 Å². The van der Waals surface area contributed by atoms with Crippen molar-refractivity contribution < 1.29 is 19.0 Å². The summed E-state index contributed by atoms with van der Waals surface area (Å²) >= 11 is 0. The highest BCUT2D eigenvalue weighted by Crippen LogP contribution is 2.23. The van der Waals surface area contributed by atoms with Crippen LogP contribution in [-0.2, 0) is 14.2 Å². The largest absolute Gasteiger partial charge is 0.459 e. The molecule has 1 aromatic heterocycles. The molecule has 0 amide bonds. The zero-order chi connectivity index (χ0) is 16.1. The molecule has 1 aromatic rings. The van der Waals surface area contributed by atoms with Crippen molar-refractivity contribution in [2.45, 2.75) is 39.1 Å². The number of carbonyl (C=O) groups is 1. The summed E-state index contributed by atoms with van der Waals surface area (Å²) in [6.07, 6.45) is 1.53. The van der Waals surface area contributed by atoms with Gasteiger partial charge in [0.25, 0.3) is 0 Å². The molecule has 0 saturated carbocycles. The number of rotatable bonds is 5. The van der Waals surface area contributed by atoms with Crippen LogP contribution in [0.25, 0.3) is 0 Å². The molecule has 0 aromatic carbocycles. The summed E-state index contributed by atoms with van der Waals surface area (Å²) in [4.78, 5) is 18.7. The summed E-state index contributed by atoms with van der Waals surface area (Å²) in [5, 5.41) is 0. The summed E-state index contributed by atoms with van der Waals surface area (Å²) in [5.74, 6) is 0.296. The van der Waals surface area contributed by atoms with E-state index in [2.05, 4.69) is 9.88 Å². The van der Waals surface area contributed by atoms with E-state index < -0.39 is 0 Å². The van der Waals surface area contributed by atoms with E-state index in [9.17, 15) is 4.79 Å². The van der Waals surface area contributed by atoms with E-state index >= 15 is 0 Å². The number of hydrogen-bond acceptors (Lipinski definition) is 6. The molecule has 0 radical (unpaired) electrons. The number of methoxy groups -OCH3 is 1. The summed E-state index contributed by atoms with van der Waals surface area (Å²) in [7, 11) is 1.65. The molecule has 1 saturated heterocycles. The number of morpholine rings is 1. The lowest BCUT2D eigenvalue weighted by molar-refractivity contribution is -0.0513. The molecule has 22 heavy (non-hydrogen) atoms.